The van der Waals surface area contributed by atoms with E-state index in [1.165, 1.54) is 0 Å². The zero-order valence-corrected chi connectivity index (χ0v) is 12.9. The van der Waals surface area contributed by atoms with Gasteiger partial charge in [-0.2, -0.15) is 0 Å². The van der Waals surface area contributed by atoms with Crippen LogP contribution >= 0.6 is 0 Å². The second-order valence-electron chi connectivity index (χ2n) is 5.28. The molecule has 120 valence electrons. The van der Waals surface area contributed by atoms with E-state index in [1.54, 1.807) is 6.20 Å². The number of carbonyl (C=O) groups is 2. The molecule has 7 heteroatoms. The molecular weight excluding hydrogens is 282 g/mol. The molecule has 3 amide bonds. The Hall–Kier alpha value is -1.99. The number of imide groups is 1. The number of aromatic nitrogens is 1. The van der Waals surface area contributed by atoms with Gasteiger partial charge in [-0.05, 0) is 19.1 Å². The number of hydrogen-bond donors (Lipinski definition) is 2. The Labute approximate surface area is 130 Å². The smallest absolute Gasteiger partial charge is 0.321 e. The number of hydrogen-bond acceptors (Lipinski definition) is 5. The van der Waals surface area contributed by atoms with E-state index in [1.807, 2.05) is 25.1 Å². The van der Waals surface area contributed by atoms with Gasteiger partial charge >= 0.3 is 6.03 Å². The first-order chi connectivity index (χ1) is 10.7. The van der Waals surface area contributed by atoms with Crippen LogP contribution < -0.4 is 10.6 Å². The average Bonchev–Trinajstić information content (AvgIpc) is 2.50. The summed E-state index contributed by atoms with van der Waals surface area (Å²) in [6.45, 7) is 6.83. The summed E-state index contributed by atoms with van der Waals surface area (Å²) >= 11 is 0. The fourth-order valence-corrected chi connectivity index (χ4v) is 2.40. The van der Waals surface area contributed by atoms with Crippen LogP contribution in [-0.2, 0) is 11.3 Å². The standard InChI is InChI=1S/C15H23N5O2/c1-2-16-15(22)18-14(21)12-20-9-7-19(8-10-20)11-13-5-3-4-6-17-13/h3-6H,2,7-12H2,1H3,(H2,16,18,21,22). The maximum Gasteiger partial charge on any atom is 0.321 e. The maximum atomic E-state index is 11.7. The van der Waals surface area contributed by atoms with Crippen molar-refractivity contribution in [2.75, 3.05) is 39.3 Å². The first-order valence-electron chi connectivity index (χ1n) is 7.59. The zero-order chi connectivity index (χ0) is 15.8. The molecule has 0 spiro atoms. The molecule has 0 bridgehead atoms. The summed E-state index contributed by atoms with van der Waals surface area (Å²) < 4.78 is 0. The normalized spacial score (nSPS) is 16.2. The second-order valence-corrected chi connectivity index (χ2v) is 5.28. The third-order valence-electron chi connectivity index (χ3n) is 3.53. The van der Waals surface area contributed by atoms with Crippen LogP contribution in [0.5, 0.6) is 0 Å². The van der Waals surface area contributed by atoms with E-state index in [2.05, 4.69) is 25.4 Å². The summed E-state index contributed by atoms with van der Waals surface area (Å²) in [5.41, 5.74) is 1.06. The first kappa shape index (κ1) is 16.4. The lowest BCUT2D eigenvalue weighted by Crippen LogP contribution is -2.50. The highest BCUT2D eigenvalue weighted by molar-refractivity contribution is 5.95. The number of piperazine rings is 1. The molecule has 0 atom stereocenters. The van der Waals surface area contributed by atoms with Gasteiger partial charge in [-0.15, -0.1) is 0 Å². The zero-order valence-electron chi connectivity index (χ0n) is 12.9. The lowest BCUT2D eigenvalue weighted by molar-refractivity contribution is -0.121. The molecule has 0 aliphatic carbocycles. The molecule has 22 heavy (non-hydrogen) atoms. The molecule has 2 N–H and O–H groups in total. The Morgan fingerprint density at radius 2 is 1.91 bits per heavy atom. The molecule has 2 rings (SSSR count). The minimum Gasteiger partial charge on any atom is -0.338 e. The monoisotopic (exact) mass is 305 g/mol. The van der Waals surface area contributed by atoms with Crippen molar-refractivity contribution in [3.05, 3.63) is 30.1 Å². The van der Waals surface area contributed by atoms with Gasteiger partial charge < -0.3 is 5.32 Å². The molecule has 1 saturated heterocycles. The molecule has 1 aromatic heterocycles. The predicted octanol–water partition coefficient (Wildman–Crippen LogP) is 0.0449. The summed E-state index contributed by atoms with van der Waals surface area (Å²) in [5.74, 6) is -0.260. The van der Waals surface area contributed by atoms with Crippen molar-refractivity contribution in [1.82, 2.24) is 25.4 Å². The van der Waals surface area contributed by atoms with Crippen LogP contribution in [0.2, 0.25) is 0 Å². The summed E-state index contributed by atoms with van der Waals surface area (Å²) in [7, 11) is 0. The van der Waals surface area contributed by atoms with E-state index in [-0.39, 0.29) is 12.5 Å². The van der Waals surface area contributed by atoms with E-state index in [0.717, 1.165) is 38.4 Å². The van der Waals surface area contributed by atoms with Crippen molar-refractivity contribution >= 4 is 11.9 Å². The summed E-state index contributed by atoms with van der Waals surface area (Å²) in [6.07, 6.45) is 1.80. The lowest BCUT2D eigenvalue weighted by atomic mass is 10.2. The van der Waals surface area contributed by atoms with Gasteiger partial charge in [-0.3, -0.25) is 24.9 Å². The number of pyridine rings is 1. The van der Waals surface area contributed by atoms with Gasteiger partial charge in [0.25, 0.3) is 0 Å². The molecule has 7 nitrogen and oxygen atoms in total. The van der Waals surface area contributed by atoms with Crippen LogP contribution in [0.3, 0.4) is 0 Å². The van der Waals surface area contributed by atoms with E-state index < -0.39 is 6.03 Å². The molecule has 0 radical (unpaired) electrons. The van der Waals surface area contributed by atoms with Gasteiger partial charge in [0.2, 0.25) is 5.91 Å². The van der Waals surface area contributed by atoms with Crippen LogP contribution in [0.4, 0.5) is 4.79 Å². The topological polar surface area (TPSA) is 77.6 Å². The SMILES string of the molecule is CCNC(=O)NC(=O)CN1CCN(Cc2ccccn2)CC1. The lowest BCUT2D eigenvalue weighted by Gasteiger charge is -2.33. The van der Waals surface area contributed by atoms with Crippen LogP contribution in [0, 0.1) is 0 Å². The van der Waals surface area contributed by atoms with Gasteiger partial charge in [-0.1, -0.05) is 6.07 Å². The molecule has 1 aliphatic rings. The van der Waals surface area contributed by atoms with E-state index in [0.29, 0.717) is 6.54 Å². The molecule has 0 unspecified atom stereocenters. The van der Waals surface area contributed by atoms with Crippen LogP contribution in [0.25, 0.3) is 0 Å². The Kier molecular flexibility index (Phi) is 6.29. The van der Waals surface area contributed by atoms with E-state index in [4.69, 9.17) is 0 Å². The number of rotatable bonds is 5. The Morgan fingerprint density at radius 1 is 1.18 bits per heavy atom. The minimum absolute atomic E-state index is 0.258. The number of carbonyl (C=O) groups excluding carboxylic acids is 2. The molecule has 1 aliphatic heterocycles. The van der Waals surface area contributed by atoms with Crippen LogP contribution in [-0.4, -0.2) is 66.0 Å². The largest absolute Gasteiger partial charge is 0.338 e. The van der Waals surface area contributed by atoms with Crippen molar-refractivity contribution in [3.8, 4) is 0 Å². The van der Waals surface area contributed by atoms with Crippen molar-refractivity contribution in [2.45, 2.75) is 13.5 Å². The number of urea groups is 1. The first-order valence-corrected chi connectivity index (χ1v) is 7.59. The number of amides is 3. The molecule has 2 heterocycles. The molecule has 1 fully saturated rings. The van der Waals surface area contributed by atoms with Gasteiger partial charge in [0, 0.05) is 45.5 Å². The van der Waals surface area contributed by atoms with E-state index >= 15 is 0 Å². The second kappa shape index (κ2) is 8.45. The number of nitrogens with one attached hydrogen (secondary N) is 2. The Morgan fingerprint density at radius 3 is 2.55 bits per heavy atom. The Balaban J connectivity index is 1.68. The maximum absolute atomic E-state index is 11.7. The minimum atomic E-state index is -0.429. The molecule has 0 saturated carbocycles. The third-order valence-corrected chi connectivity index (χ3v) is 3.53. The third kappa shape index (κ3) is 5.42. The molecule has 0 aromatic carbocycles. The summed E-state index contributed by atoms with van der Waals surface area (Å²) in [5, 5.41) is 4.87. The molecule has 1 aromatic rings. The quantitative estimate of drug-likeness (QED) is 0.803. The fourth-order valence-electron chi connectivity index (χ4n) is 2.40. The summed E-state index contributed by atoms with van der Waals surface area (Å²) in [6, 6.07) is 5.49. The van der Waals surface area contributed by atoms with Gasteiger partial charge in [-0.25, -0.2) is 4.79 Å². The van der Waals surface area contributed by atoms with Gasteiger partial charge in [0.1, 0.15) is 0 Å². The van der Waals surface area contributed by atoms with Gasteiger partial charge in [0.05, 0.1) is 12.2 Å². The highest BCUT2D eigenvalue weighted by Crippen LogP contribution is 2.06. The Bertz CT molecular complexity index is 486. The number of nitrogens with zero attached hydrogens (tertiary/aromatic N) is 3. The fraction of sp³-hybridized carbons (Fsp3) is 0.533. The van der Waals surface area contributed by atoms with Crippen molar-refractivity contribution in [3.63, 3.8) is 0 Å². The van der Waals surface area contributed by atoms with Crippen LogP contribution in [0.15, 0.2) is 24.4 Å². The highest BCUT2D eigenvalue weighted by atomic mass is 16.2. The predicted molar refractivity (Wildman–Crippen MR) is 83.2 cm³/mol. The van der Waals surface area contributed by atoms with Crippen molar-refractivity contribution in [1.29, 1.82) is 0 Å². The molecular formula is C15H23N5O2. The van der Waals surface area contributed by atoms with E-state index in [9.17, 15) is 9.59 Å². The van der Waals surface area contributed by atoms with Crippen molar-refractivity contribution in [2.24, 2.45) is 0 Å². The van der Waals surface area contributed by atoms with Crippen LogP contribution in [0.1, 0.15) is 12.6 Å². The highest BCUT2D eigenvalue weighted by Gasteiger charge is 2.19. The summed E-state index contributed by atoms with van der Waals surface area (Å²) in [4.78, 5) is 31.7. The van der Waals surface area contributed by atoms with Gasteiger partial charge in [0.15, 0.2) is 0 Å². The average molecular weight is 305 g/mol. The van der Waals surface area contributed by atoms with Crippen molar-refractivity contribution < 1.29 is 9.59 Å².